The number of likely N-dealkylation sites (N-methyl/N-ethyl adjacent to an activating group) is 1. The van der Waals surface area contributed by atoms with E-state index >= 15 is 0 Å². The highest BCUT2D eigenvalue weighted by atomic mass is 16.5. The summed E-state index contributed by atoms with van der Waals surface area (Å²) in [5.74, 6) is 1.54. The summed E-state index contributed by atoms with van der Waals surface area (Å²) in [5, 5.41) is 18.9. The molecule has 4 rings (SSSR count). The van der Waals surface area contributed by atoms with Crippen molar-refractivity contribution in [3.63, 3.8) is 0 Å². The molecule has 0 bridgehead atoms. The van der Waals surface area contributed by atoms with Gasteiger partial charge in [-0.25, -0.2) is 4.79 Å². The van der Waals surface area contributed by atoms with Gasteiger partial charge in [0.25, 0.3) is 0 Å². The summed E-state index contributed by atoms with van der Waals surface area (Å²) in [6, 6.07) is 6.33. The molecular formula is C29H47N3O4. The average molecular weight is 502 g/mol. The maximum Gasteiger partial charge on any atom is 0.317 e. The number of urea groups is 1. The monoisotopic (exact) mass is 501 g/mol. The van der Waals surface area contributed by atoms with Gasteiger partial charge in [0.15, 0.2) is 0 Å². The number of para-hydroxylation sites is 1. The first-order valence-electron chi connectivity index (χ1n) is 14.2. The third-order valence-corrected chi connectivity index (χ3v) is 8.59. The van der Waals surface area contributed by atoms with Gasteiger partial charge in [0.1, 0.15) is 5.75 Å². The van der Waals surface area contributed by atoms with E-state index in [1.165, 1.54) is 31.2 Å². The number of hydrogen-bond donors (Lipinski definition) is 3. The number of rotatable bonds is 12. The number of carbonyl (C=O) groups is 1. The molecule has 3 N–H and O–H groups in total. The Labute approximate surface area is 217 Å². The number of nitrogens with one attached hydrogen (secondary N) is 2. The molecule has 1 aliphatic carbocycles. The molecule has 2 amide bonds. The van der Waals surface area contributed by atoms with Crippen LogP contribution in [0.4, 0.5) is 4.79 Å². The van der Waals surface area contributed by atoms with Gasteiger partial charge in [-0.2, -0.15) is 0 Å². The number of likely N-dealkylation sites (tertiary alicyclic amines) is 1. The molecule has 7 heteroatoms. The van der Waals surface area contributed by atoms with Crippen LogP contribution >= 0.6 is 0 Å². The molecule has 2 fully saturated rings. The van der Waals surface area contributed by atoms with Crippen molar-refractivity contribution in [2.45, 2.75) is 82.3 Å². The molecule has 1 aromatic rings. The largest absolute Gasteiger partial charge is 0.493 e. The number of methoxy groups -OCH3 is 1. The minimum Gasteiger partial charge on any atom is -0.493 e. The molecular weight excluding hydrogens is 454 g/mol. The van der Waals surface area contributed by atoms with Gasteiger partial charge in [-0.05, 0) is 57.1 Å². The molecule has 1 saturated heterocycles. The summed E-state index contributed by atoms with van der Waals surface area (Å²) in [7, 11) is 3.67. The molecule has 3 aliphatic rings. The predicted molar refractivity (Wildman–Crippen MR) is 142 cm³/mol. The fourth-order valence-electron chi connectivity index (χ4n) is 6.66. The highest BCUT2D eigenvalue weighted by Gasteiger charge is 2.44. The Bertz CT molecular complexity index is 844. The molecule has 3 atom stereocenters. The second-order valence-electron chi connectivity index (χ2n) is 11.1. The van der Waals surface area contributed by atoms with Gasteiger partial charge in [-0.1, -0.05) is 43.9 Å². The Kier molecular flexibility index (Phi) is 9.91. The molecule has 0 aromatic heterocycles. The highest BCUT2D eigenvalue weighted by molar-refractivity contribution is 5.74. The molecule has 1 saturated carbocycles. The molecule has 0 spiro atoms. The maximum absolute atomic E-state index is 13.4. The Morgan fingerprint density at radius 1 is 1.25 bits per heavy atom. The third kappa shape index (κ3) is 6.53. The number of benzene rings is 1. The first-order valence-corrected chi connectivity index (χ1v) is 14.2. The van der Waals surface area contributed by atoms with Crippen molar-refractivity contribution in [3.8, 4) is 5.75 Å². The number of unbranched alkanes of at least 4 members (excludes halogenated alkanes) is 1. The fraction of sp³-hybridized carbons (Fsp3) is 0.759. The molecule has 2 aliphatic heterocycles. The van der Waals surface area contributed by atoms with E-state index in [0.717, 1.165) is 68.8 Å². The summed E-state index contributed by atoms with van der Waals surface area (Å²) >= 11 is 0. The first kappa shape index (κ1) is 27.2. The van der Waals surface area contributed by atoms with Gasteiger partial charge >= 0.3 is 6.03 Å². The van der Waals surface area contributed by atoms with Crippen LogP contribution in [0.1, 0.15) is 75.3 Å². The lowest BCUT2D eigenvalue weighted by Crippen LogP contribution is -2.54. The van der Waals surface area contributed by atoms with E-state index in [2.05, 4.69) is 16.7 Å². The second kappa shape index (κ2) is 13.1. The zero-order chi connectivity index (χ0) is 25.4. The molecule has 0 radical (unpaired) electrons. The van der Waals surface area contributed by atoms with Crippen LogP contribution in [0.2, 0.25) is 0 Å². The van der Waals surface area contributed by atoms with Crippen LogP contribution in [-0.4, -0.2) is 69.1 Å². The topological polar surface area (TPSA) is 83.1 Å². The van der Waals surface area contributed by atoms with E-state index in [1.807, 2.05) is 24.1 Å². The second-order valence-corrected chi connectivity index (χ2v) is 11.1. The lowest BCUT2D eigenvalue weighted by Gasteiger charge is -2.43. The molecule has 1 aromatic carbocycles. The van der Waals surface area contributed by atoms with Gasteiger partial charge in [-0.15, -0.1) is 0 Å². The fourth-order valence-corrected chi connectivity index (χ4v) is 6.66. The molecule has 36 heavy (non-hydrogen) atoms. The lowest BCUT2D eigenvalue weighted by molar-refractivity contribution is -0.0577. The number of piperidine rings is 1. The number of nitrogens with zero attached hydrogens (tertiary/aromatic N) is 1. The minimum absolute atomic E-state index is 0.00854. The van der Waals surface area contributed by atoms with Crippen LogP contribution in [0.5, 0.6) is 5.75 Å². The van der Waals surface area contributed by atoms with Gasteiger partial charge in [0, 0.05) is 57.3 Å². The van der Waals surface area contributed by atoms with Gasteiger partial charge in [0.2, 0.25) is 0 Å². The summed E-state index contributed by atoms with van der Waals surface area (Å²) in [6.07, 6.45) is 11.3. The van der Waals surface area contributed by atoms with Crippen molar-refractivity contribution in [1.82, 2.24) is 15.5 Å². The average Bonchev–Trinajstić information content (AvgIpc) is 3.58. The molecule has 0 unspecified atom stereocenters. The van der Waals surface area contributed by atoms with Crippen molar-refractivity contribution >= 4 is 6.03 Å². The van der Waals surface area contributed by atoms with Gasteiger partial charge < -0.3 is 30.1 Å². The van der Waals surface area contributed by atoms with Gasteiger partial charge in [0.05, 0.1) is 12.2 Å². The van der Waals surface area contributed by atoms with E-state index in [-0.39, 0.29) is 18.0 Å². The Morgan fingerprint density at radius 3 is 2.86 bits per heavy atom. The van der Waals surface area contributed by atoms with Crippen molar-refractivity contribution in [2.24, 2.45) is 11.8 Å². The zero-order valence-electron chi connectivity index (χ0n) is 22.4. The number of fused-ring (bicyclic) bond motifs is 1. The van der Waals surface area contributed by atoms with Crippen LogP contribution in [0.25, 0.3) is 0 Å². The first-order chi connectivity index (χ1) is 17.5. The number of carbonyl (C=O) groups excluding carboxylic acids is 1. The van der Waals surface area contributed by atoms with Gasteiger partial charge in [-0.3, -0.25) is 0 Å². The van der Waals surface area contributed by atoms with E-state index in [9.17, 15) is 9.90 Å². The standard InChI is InChI=1S/C29H47N3O4/c1-30-20-25(19-22-9-3-4-10-22)31-28(33)32-16-8-12-24(21-32)29(34,15-5-6-17-35-2)26-13-7-11-23-14-18-36-27(23)26/h7,11,13,22,24-25,30,34H,3-6,8-10,12,14-21H2,1-2H3,(H,31,33)/t24-,25+,29+/m1/s1. The van der Waals surface area contributed by atoms with Crippen LogP contribution < -0.4 is 15.4 Å². The summed E-state index contributed by atoms with van der Waals surface area (Å²) < 4.78 is 11.3. The van der Waals surface area contributed by atoms with E-state index in [4.69, 9.17) is 9.47 Å². The van der Waals surface area contributed by atoms with Crippen LogP contribution in [-0.2, 0) is 16.8 Å². The van der Waals surface area contributed by atoms with Crippen LogP contribution in [0.15, 0.2) is 18.2 Å². The van der Waals surface area contributed by atoms with Crippen LogP contribution in [0, 0.1) is 11.8 Å². The summed E-state index contributed by atoms with van der Waals surface area (Å²) in [5.41, 5.74) is 1.04. The van der Waals surface area contributed by atoms with E-state index in [0.29, 0.717) is 26.2 Å². The van der Waals surface area contributed by atoms with Crippen molar-refractivity contribution in [1.29, 1.82) is 0 Å². The number of aliphatic hydroxyl groups is 1. The molecule has 2 heterocycles. The molecule has 7 nitrogen and oxygen atoms in total. The number of amides is 2. The summed E-state index contributed by atoms with van der Waals surface area (Å²) in [6.45, 7) is 3.44. The highest BCUT2D eigenvalue weighted by Crippen LogP contribution is 2.45. The smallest absolute Gasteiger partial charge is 0.317 e. The minimum atomic E-state index is -1.03. The third-order valence-electron chi connectivity index (χ3n) is 8.59. The maximum atomic E-state index is 13.4. The summed E-state index contributed by atoms with van der Waals surface area (Å²) in [4.78, 5) is 15.4. The Hall–Kier alpha value is -1.83. The number of ether oxygens (including phenoxy) is 2. The predicted octanol–water partition coefficient (Wildman–Crippen LogP) is 4.22. The normalized spacial score (nSPS) is 22.6. The van der Waals surface area contributed by atoms with E-state index < -0.39 is 5.60 Å². The van der Waals surface area contributed by atoms with Crippen LogP contribution in [0.3, 0.4) is 0 Å². The Morgan fingerprint density at radius 2 is 2.08 bits per heavy atom. The quantitative estimate of drug-likeness (QED) is 0.374. The zero-order valence-corrected chi connectivity index (χ0v) is 22.4. The van der Waals surface area contributed by atoms with Crippen molar-refractivity contribution < 1.29 is 19.4 Å². The number of hydrogen-bond acceptors (Lipinski definition) is 5. The van der Waals surface area contributed by atoms with Crippen molar-refractivity contribution in [2.75, 3.05) is 47.0 Å². The van der Waals surface area contributed by atoms with Crippen molar-refractivity contribution in [3.05, 3.63) is 29.3 Å². The Balaban J connectivity index is 1.47. The van der Waals surface area contributed by atoms with E-state index in [1.54, 1.807) is 7.11 Å². The SMILES string of the molecule is CNC[C@H](CC1CCCC1)NC(=O)N1CCC[C@@H]([C@@](O)(CCCCOC)c2cccc3c2OCC3)C1. The lowest BCUT2D eigenvalue weighted by atomic mass is 9.73. The molecule has 202 valence electrons.